The molecule has 0 spiro atoms. The summed E-state index contributed by atoms with van der Waals surface area (Å²) >= 11 is 3.29. The van der Waals surface area contributed by atoms with Crippen molar-refractivity contribution in [3.8, 4) is 0 Å². The van der Waals surface area contributed by atoms with Gasteiger partial charge in [-0.1, -0.05) is 6.42 Å². The molecule has 2 unspecified atom stereocenters. The standard InChI is InChI=1S/C14H18BrN3O3/c1-17(13-4-2-3-9(13)8-16)14(19)11-7-10(18(20)21)5-6-12(11)15/h5-7,9,13H,2-4,8,16H2,1H3. The van der Waals surface area contributed by atoms with E-state index in [2.05, 4.69) is 15.9 Å². The largest absolute Gasteiger partial charge is 0.338 e. The Labute approximate surface area is 131 Å². The Morgan fingerprint density at radius 1 is 1.52 bits per heavy atom. The molecule has 1 amide bonds. The van der Waals surface area contributed by atoms with E-state index in [4.69, 9.17) is 5.73 Å². The number of hydrogen-bond acceptors (Lipinski definition) is 4. The van der Waals surface area contributed by atoms with Gasteiger partial charge in [0.05, 0.1) is 10.5 Å². The SMILES string of the molecule is CN(C(=O)c1cc([N+](=O)[O-])ccc1Br)C1CCCC1CN. The third-order valence-electron chi connectivity index (χ3n) is 4.13. The second-order valence-electron chi connectivity index (χ2n) is 5.33. The average molecular weight is 356 g/mol. The molecule has 0 saturated heterocycles. The lowest BCUT2D eigenvalue weighted by Crippen LogP contribution is -2.41. The van der Waals surface area contributed by atoms with Crippen LogP contribution in [0.3, 0.4) is 0 Å². The van der Waals surface area contributed by atoms with Crippen molar-refractivity contribution in [1.29, 1.82) is 0 Å². The fraction of sp³-hybridized carbons (Fsp3) is 0.500. The van der Waals surface area contributed by atoms with Gasteiger partial charge in [0.1, 0.15) is 0 Å². The minimum Gasteiger partial charge on any atom is -0.338 e. The van der Waals surface area contributed by atoms with E-state index in [-0.39, 0.29) is 17.6 Å². The van der Waals surface area contributed by atoms with Crippen LogP contribution in [0.15, 0.2) is 22.7 Å². The van der Waals surface area contributed by atoms with Gasteiger partial charge in [-0.3, -0.25) is 14.9 Å². The van der Waals surface area contributed by atoms with E-state index in [1.807, 2.05) is 0 Å². The van der Waals surface area contributed by atoms with Gasteiger partial charge in [-0.2, -0.15) is 0 Å². The highest BCUT2D eigenvalue weighted by Crippen LogP contribution is 2.31. The van der Waals surface area contributed by atoms with Crippen LogP contribution in [-0.2, 0) is 0 Å². The number of nitro groups is 1. The van der Waals surface area contributed by atoms with Gasteiger partial charge in [0.25, 0.3) is 11.6 Å². The van der Waals surface area contributed by atoms with Gasteiger partial charge in [0, 0.05) is 29.7 Å². The molecule has 1 aromatic rings. The number of nitro benzene ring substituents is 1. The molecule has 0 heterocycles. The summed E-state index contributed by atoms with van der Waals surface area (Å²) in [6.07, 6.45) is 3.01. The van der Waals surface area contributed by atoms with Gasteiger partial charge in [0.2, 0.25) is 0 Å². The predicted molar refractivity (Wildman–Crippen MR) is 83.1 cm³/mol. The van der Waals surface area contributed by atoms with Crippen molar-refractivity contribution in [2.45, 2.75) is 25.3 Å². The smallest absolute Gasteiger partial charge is 0.270 e. The van der Waals surface area contributed by atoms with Crippen molar-refractivity contribution in [1.82, 2.24) is 4.90 Å². The van der Waals surface area contributed by atoms with Crippen LogP contribution < -0.4 is 5.73 Å². The quantitative estimate of drug-likeness (QED) is 0.663. The highest BCUT2D eigenvalue weighted by atomic mass is 79.9. The highest BCUT2D eigenvalue weighted by Gasteiger charge is 2.33. The first-order valence-corrected chi connectivity index (χ1v) is 7.66. The van der Waals surface area contributed by atoms with Crippen LogP contribution in [0, 0.1) is 16.0 Å². The molecule has 7 heteroatoms. The number of rotatable bonds is 4. The molecular weight excluding hydrogens is 338 g/mol. The molecule has 2 rings (SSSR count). The Morgan fingerprint density at radius 3 is 2.86 bits per heavy atom. The van der Waals surface area contributed by atoms with Crippen molar-refractivity contribution >= 4 is 27.5 Å². The number of nitrogens with zero attached hydrogens (tertiary/aromatic N) is 2. The van der Waals surface area contributed by atoms with E-state index in [9.17, 15) is 14.9 Å². The van der Waals surface area contributed by atoms with E-state index in [0.717, 1.165) is 19.3 Å². The number of carbonyl (C=O) groups excluding carboxylic acids is 1. The molecule has 6 nitrogen and oxygen atoms in total. The lowest BCUT2D eigenvalue weighted by Gasteiger charge is -2.29. The van der Waals surface area contributed by atoms with Crippen LogP contribution in [0.1, 0.15) is 29.6 Å². The second kappa shape index (κ2) is 6.53. The molecule has 0 radical (unpaired) electrons. The first-order chi connectivity index (χ1) is 9.95. The van der Waals surface area contributed by atoms with Gasteiger partial charge in [0.15, 0.2) is 0 Å². The number of amides is 1. The second-order valence-corrected chi connectivity index (χ2v) is 6.19. The number of hydrogen-bond donors (Lipinski definition) is 1. The number of nitrogens with two attached hydrogens (primary N) is 1. The monoisotopic (exact) mass is 355 g/mol. The molecule has 0 aliphatic heterocycles. The summed E-state index contributed by atoms with van der Waals surface area (Å²) in [5, 5.41) is 10.9. The number of carbonyl (C=O) groups is 1. The molecule has 2 atom stereocenters. The summed E-state index contributed by atoms with van der Waals surface area (Å²) in [6, 6.07) is 4.33. The molecule has 0 aromatic heterocycles. The third kappa shape index (κ3) is 3.24. The minimum atomic E-state index is -0.499. The molecule has 1 aliphatic rings. The Bertz CT molecular complexity index is 564. The number of benzene rings is 1. The Morgan fingerprint density at radius 2 is 2.24 bits per heavy atom. The zero-order valence-corrected chi connectivity index (χ0v) is 13.4. The normalized spacial score (nSPS) is 21.3. The molecule has 2 N–H and O–H groups in total. The van der Waals surface area contributed by atoms with E-state index < -0.39 is 4.92 Å². The van der Waals surface area contributed by atoms with Crippen LogP contribution in [-0.4, -0.2) is 35.4 Å². The molecule has 0 bridgehead atoms. The summed E-state index contributed by atoms with van der Waals surface area (Å²) in [5.74, 6) is 0.0901. The van der Waals surface area contributed by atoms with Crippen LogP contribution in [0.4, 0.5) is 5.69 Å². The first-order valence-electron chi connectivity index (χ1n) is 6.87. The molecule has 1 aliphatic carbocycles. The van der Waals surface area contributed by atoms with E-state index in [1.165, 1.54) is 18.2 Å². The average Bonchev–Trinajstić information content (AvgIpc) is 2.94. The maximum absolute atomic E-state index is 12.6. The van der Waals surface area contributed by atoms with Crippen LogP contribution in [0.5, 0.6) is 0 Å². The van der Waals surface area contributed by atoms with E-state index in [0.29, 0.717) is 22.5 Å². The first kappa shape index (κ1) is 15.9. The van der Waals surface area contributed by atoms with E-state index in [1.54, 1.807) is 11.9 Å². The summed E-state index contributed by atoms with van der Waals surface area (Å²) in [4.78, 5) is 24.7. The van der Waals surface area contributed by atoms with Crippen molar-refractivity contribution in [3.05, 3.63) is 38.3 Å². The summed E-state index contributed by atoms with van der Waals surface area (Å²) in [5.41, 5.74) is 5.99. The van der Waals surface area contributed by atoms with Crippen molar-refractivity contribution in [2.24, 2.45) is 11.7 Å². The number of halogens is 1. The summed E-state index contributed by atoms with van der Waals surface area (Å²) in [6.45, 7) is 0.554. The van der Waals surface area contributed by atoms with Crippen LogP contribution >= 0.6 is 15.9 Å². The molecule has 1 fully saturated rings. The molecule has 114 valence electrons. The fourth-order valence-electron chi connectivity index (χ4n) is 2.93. The zero-order chi connectivity index (χ0) is 15.6. The Hall–Kier alpha value is -1.47. The summed E-state index contributed by atoms with van der Waals surface area (Å²) in [7, 11) is 1.74. The maximum atomic E-state index is 12.6. The van der Waals surface area contributed by atoms with Crippen molar-refractivity contribution in [3.63, 3.8) is 0 Å². The van der Waals surface area contributed by atoms with Gasteiger partial charge >= 0.3 is 0 Å². The van der Waals surface area contributed by atoms with Gasteiger partial charge in [-0.05, 0) is 47.3 Å². The molecule has 21 heavy (non-hydrogen) atoms. The molecule has 1 aromatic carbocycles. The predicted octanol–water partition coefficient (Wildman–Crippen LogP) is 2.56. The molecule has 1 saturated carbocycles. The van der Waals surface area contributed by atoms with Gasteiger partial charge in [-0.25, -0.2) is 0 Å². The lowest BCUT2D eigenvalue weighted by molar-refractivity contribution is -0.384. The van der Waals surface area contributed by atoms with Crippen LogP contribution in [0.2, 0.25) is 0 Å². The highest BCUT2D eigenvalue weighted by molar-refractivity contribution is 9.10. The number of non-ortho nitro benzene ring substituents is 1. The van der Waals surface area contributed by atoms with Crippen molar-refractivity contribution < 1.29 is 9.72 Å². The Balaban J connectivity index is 2.27. The van der Waals surface area contributed by atoms with Gasteiger partial charge in [-0.15, -0.1) is 0 Å². The zero-order valence-electron chi connectivity index (χ0n) is 11.8. The lowest BCUT2D eigenvalue weighted by atomic mass is 10.0. The minimum absolute atomic E-state index is 0.0863. The topological polar surface area (TPSA) is 89.5 Å². The third-order valence-corrected chi connectivity index (χ3v) is 4.82. The van der Waals surface area contributed by atoms with E-state index >= 15 is 0 Å². The Kier molecular flexibility index (Phi) is 4.95. The molecular formula is C14H18BrN3O3. The van der Waals surface area contributed by atoms with Gasteiger partial charge < -0.3 is 10.6 Å². The summed E-state index contributed by atoms with van der Waals surface area (Å²) < 4.78 is 0.562. The maximum Gasteiger partial charge on any atom is 0.270 e. The fourth-order valence-corrected chi connectivity index (χ4v) is 3.35. The van der Waals surface area contributed by atoms with Crippen molar-refractivity contribution in [2.75, 3.05) is 13.6 Å². The van der Waals surface area contributed by atoms with Crippen LogP contribution in [0.25, 0.3) is 0 Å².